The van der Waals surface area contributed by atoms with Crippen molar-refractivity contribution >= 4 is 5.91 Å². The van der Waals surface area contributed by atoms with E-state index in [2.05, 4.69) is 43.5 Å². The fourth-order valence-corrected chi connectivity index (χ4v) is 5.28. The van der Waals surface area contributed by atoms with Gasteiger partial charge in [0.05, 0.1) is 31.3 Å². The van der Waals surface area contributed by atoms with Gasteiger partial charge in [-0.15, -0.1) is 0 Å². The van der Waals surface area contributed by atoms with Gasteiger partial charge < -0.3 is 20.6 Å². The maximum Gasteiger partial charge on any atom is 0.222 e. The van der Waals surface area contributed by atoms with Crippen LogP contribution in [-0.4, -0.2) is 46.1 Å². The molecule has 0 radical (unpaired) electrons. The maximum absolute atomic E-state index is 12.3. The molecule has 0 aromatic heterocycles. The Bertz CT molecular complexity index is 606. The molecule has 5 heteroatoms. The van der Waals surface area contributed by atoms with Crippen LogP contribution in [-0.2, 0) is 4.79 Å². The molecule has 0 heterocycles. The van der Waals surface area contributed by atoms with Crippen LogP contribution in [0, 0.1) is 0 Å². The molecule has 5 nitrogen and oxygen atoms in total. The van der Waals surface area contributed by atoms with E-state index < -0.39 is 18.2 Å². The van der Waals surface area contributed by atoms with E-state index in [1.165, 1.54) is 116 Å². The zero-order chi connectivity index (χ0) is 30.2. The number of allylic oxidation sites excluding steroid dienone is 4. The van der Waals surface area contributed by atoms with Crippen LogP contribution in [0.15, 0.2) is 24.3 Å². The third kappa shape index (κ3) is 28.7. The van der Waals surface area contributed by atoms with Gasteiger partial charge >= 0.3 is 0 Å². The van der Waals surface area contributed by atoms with Crippen LogP contribution < -0.4 is 5.32 Å². The monoisotopic (exact) mass is 580 g/mol. The largest absolute Gasteiger partial charge is 0.394 e. The second-order valence-electron chi connectivity index (χ2n) is 12.2. The second-order valence-corrected chi connectivity index (χ2v) is 12.2. The van der Waals surface area contributed by atoms with Gasteiger partial charge in [-0.05, 0) is 38.5 Å². The molecule has 0 aliphatic rings. The Kier molecular flexibility index (Phi) is 30.9. The highest BCUT2D eigenvalue weighted by Gasteiger charge is 2.21. The average molecular weight is 580 g/mol. The number of carbonyl (C=O) groups is 1. The summed E-state index contributed by atoms with van der Waals surface area (Å²) >= 11 is 0. The number of carbonyl (C=O) groups excluding carboxylic acids is 1. The van der Waals surface area contributed by atoms with Crippen molar-refractivity contribution in [1.29, 1.82) is 0 Å². The Hall–Kier alpha value is -1.17. The lowest BCUT2D eigenvalue weighted by Gasteiger charge is -2.23. The first-order valence-corrected chi connectivity index (χ1v) is 17.6. The molecule has 0 rings (SSSR count). The van der Waals surface area contributed by atoms with Crippen LogP contribution in [0.2, 0.25) is 0 Å². The summed E-state index contributed by atoms with van der Waals surface area (Å²) in [4.78, 5) is 12.3. The number of hydrogen-bond acceptors (Lipinski definition) is 4. The lowest BCUT2D eigenvalue weighted by molar-refractivity contribution is -0.125. The molecule has 0 aliphatic carbocycles. The molecule has 41 heavy (non-hydrogen) atoms. The Morgan fingerprint density at radius 2 is 1.02 bits per heavy atom. The van der Waals surface area contributed by atoms with E-state index >= 15 is 0 Å². The molecule has 0 saturated carbocycles. The van der Waals surface area contributed by atoms with Crippen LogP contribution in [0.4, 0.5) is 0 Å². The summed E-state index contributed by atoms with van der Waals surface area (Å²) in [5.74, 6) is -0.291. The minimum Gasteiger partial charge on any atom is -0.394 e. The maximum atomic E-state index is 12.3. The topological polar surface area (TPSA) is 89.8 Å². The molecule has 0 bridgehead atoms. The summed E-state index contributed by atoms with van der Waals surface area (Å²) in [6.45, 7) is 4.19. The third-order valence-corrected chi connectivity index (χ3v) is 8.05. The smallest absolute Gasteiger partial charge is 0.222 e. The molecular weight excluding hydrogens is 510 g/mol. The van der Waals surface area contributed by atoms with Crippen LogP contribution in [0.5, 0.6) is 0 Å². The molecular formula is C36H69NO4. The van der Waals surface area contributed by atoms with E-state index in [-0.39, 0.29) is 18.9 Å². The number of aliphatic hydroxyl groups is 3. The minimum absolute atomic E-state index is 0.0321. The number of rotatable bonds is 31. The molecule has 0 aromatic carbocycles. The van der Waals surface area contributed by atoms with Gasteiger partial charge in [-0.3, -0.25) is 4.79 Å². The predicted molar refractivity (Wildman–Crippen MR) is 176 cm³/mol. The Morgan fingerprint density at radius 1 is 0.610 bits per heavy atom. The van der Waals surface area contributed by atoms with Gasteiger partial charge in [-0.1, -0.05) is 154 Å². The van der Waals surface area contributed by atoms with Gasteiger partial charge in [0.2, 0.25) is 5.91 Å². The highest BCUT2D eigenvalue weighted by atomic mass is 16.3. The number of aliphatic hydroxyl groups excluding tert-OH is 3. The summed E-state index contributed by atoms with van der Waals surface area (Å²) in [6, 6.07) is -0.656. The number of nitrogens with one attached hydrogen (secondary N) is 1. The molecule has 3 unspecified atom stereocenters. The van der Waals surface area contributed by atoms with E-state index in [1.54, 1.807) is 0 Å². The Morgan fingerprint density at radius 3 is 1.54 bits per heavy atom. The molecule has 0 saturated heterocycles. The van der Waals surface area contributed by atoms with Gasteiger partial charge in [-0.2, -0.15) is 0 Å². The fraction of sp³-hybridized carbons (Fsp3) is 0.861. The highest BCUT2D eigenvalue weighted by Crippen LogP contribution is 2.14. The summed E-state index contributed by atoms with van der Waals surface area (Å²) in [5, 5.41) is 33.1. The highest BCUT2D eigenvalue weighted by molar-refractivity contribution is 5.76. The van der Waals surface area contributed by atoms with Crippen LogP contribution in [0.25, 0.3) is 0 Å². The Balaban J connectivity index is 3.68. The molecule has 0 aromatic rings. The van der Waals surface area contributed by atoms with Crippen molar-refractivity contribution in [3.05, 3.63) is 24.3 Å². The fourth-order valence-electron chi connectivity index (χ4n) is 5.28. The zero-order valence-electron chi connectivity index (χ0n) is 27.2. The number of unbranched alkanes of at least 4 members (excludes halogenated alkanes) is 19. The molecule has 0 fully saturated rings. The van der Waals surface area contributed by atoms with Gasteiger partial charge in [-0.25, -0.2) is 0 Å². The number of hydrogen-bond donors (Lipinski definition) is 4. The van der Waals surface area contributed by atoms with Crippen LogP contribution >= 0.6 is 0 Å². The first-order chi connectivity index (χ1) is 20.0. The van der Waals surface area contributed by atoms with Crippen LogP contribution in [0.3, 0.4) is 0 Å². The van der Waals surface area contributed by atoms with Gasteiger partial charge in [0, 0.05) is 0 Å². The molecule has 4 N–H and O–H groups in total. The molecule has 1 amide bonds. The molecule has 0 spiro atoms. The first kappa shape index (κ1) is 39.8. The van der Waals surface area contributed by atoms with Gasteiger partial charge in [0.25, 0.3) is 0 Å². The summed E-state index contributed by atoms with van der Waals surface area (Å²) in [5.41, 5.74) is 0. The van der Waals surface area contributed by atoms with E-state index in [1.807, 2.05) is 0 Å². The minimum atomic E-state index is -0.746. The average Bonchev–Trinajstić information content (AvgIpc) is 2.96. The van der Waals surface area contributed by atoms with E-state index in [4.69, 9.17) is 0 Å². The van der Waals surface area contributed by atoms with E-state index in [0.29, 0.717) is 12.8 Å². The van der Waals surface area contributed by atoms with E-state index in [9.17, 15) is 20.1 Å². The van der Waals surface area contributed by atoms with Gasteiger partial charge in [0.1, 0.15) is 0 Å². The first-order valence-electron chi connectivity index (χ1n) is 17.6. The normalized spacial score (nSPS) is 14.2. The quantitative estimate of drug-likeness (QED) is 0.0487. The molecule has 3 atom stereocenters. The van der Waals surface area contributed by atoms with Gasteiger partial charge in [0.15, 0.2) is 0 Å². The van der Waals surface area contributed by atoms with Crippen molar-refractivity contribution in [1.82, 2.24) is 5.32 Å². The van der Waals surface area contributed by atoms with Crippen molar-refractivity contribution in [2.75, 3.05) is 6.61 Å². The predicted octanol–water partition coefficient (Wildman–Crippen LogP) is 9.09. The number of amides is 1. The standard InChI is InChI=1S/C36H69NO4/c1-3-5-7-9-11-13-14-15-16-17-18-19-20-22-23-25-27-29-33(39)31-36(41)37-34(32-38)35(40)30-28-26-24-21-12-10-8-6-4-2/h11,13-15,33-35,38-40H,3-10,12,16-32H2,1-2H3,(H,37,41)/b13-11-,15-14-. The lowest BCUT2D eigenvalue weighted by atomic mass is 10.0. The van der Waals surface area contributed by atoms with Crippen molar-refractivity contribution < 1.29 is 20.1 Å². The summed E-state index contributed by atoms with van der Waals surface area (Å²) in [7, 11) is 0. The summed E-state index contributed by atoms with van der Waals surface area (Å²) in [6.07, 6.45) is 35.5. The Labute approximate surface area is 254 Å². The van der Waals surface area contributed by atoms with Crippen molar-refractivity contribution in [2.24, 2.45) is 0 Å². The van der Waals surface area contributed by atoms with E-state index in [0.717, 1.165) is 25.7 Å². The second kappa shape index (κ2) is 31.8. The van der Waals surface area contributed by atoms with Crippen molar-refractivity contribution in [2.45, 2.75) is 193 Å². The van der Waals surface area contributed by atoms with Crippen LogP contribution in [0.1, 0.15) is 174 Å². The molecule has 0 aliphatic heterocycles. The summed E-state index contributed by atoms with van der Waals surface area (Å²) < 4.78 is 0. The SMILES string of the molecule is CCCCC/C=C\C=C/CCCCCCCCCCC(O)CC(=O)NC(CO)C(O)CCCCCCCCCCC. The van der Waals surface area contributed by atoms with Crippen molar-refractivity contribution in [3.63, 3.8) is 0 Å². The molecule has 242 valence electrons. The lowest BCUT2D eigenvalue weighted by Crippen LogP contribution is -2.46. The zero-order valence-corrected chi connectivity index (χ0v) is 27.2. The third-order valence-electron chi connectivity index (χ3n) is 8.05. The van der Waals surface area contributed by atoms with Crippen molar-refractivity contribution in [3.8, 4) is 0 Å².